The molecule has 1 aromatic rings. The maximum absolute atomic E-state index is 10.9. The zero-order valence-electron chi connectivity index (χ0n) is 9.77. The van der Waals surface area contributed by atoms with Crippen molar-refractivity contribution in [2.75, 3.05) is 19.0 Å². The van der Waals surface area contributed by atoms with Gasteiger partial charge in [-0.25, -0.2) is 4.98 Å². The minimum Gasteiger partial charge on any atom is -0.472 e. The van der Waals surface area contributed by atoms with E-state index < -0.39 is 4.92 Å². The Bertz CT molecular complexity index is 434. The number of ether oxygens (including phenoxy) is 1. The summed E-state index contributed by atoms with van der Waals surface area (Å²) in [5, 5.41) is 13.5. The molecule has 7 nitrogen and oxygen atoms in total. The monoisotopic (exact) mass is 238 g/mol. The molecular formula is C10H14N4O3. The lowest BCUT2D eigenvalue weighted by Crippen LogP contribution is -2.06. The molecule has 7 heteroatoms. The third-order valence-electron chi connectivity index (χ3n) is 1.98. The molecule has 1 N–H and O–H groups in total. The fourth-order valence-corrected chi connectivity index (χ4v) is 1.14. The molecule has 0 aromatic carbocycles. The van der Waals surface area contributed by atoms with Crippen LogP contribution in [0.15, 0.2) is 18.5 Å². The van der Waals surface area contributed by atoms with E-state index in [2.05, 4.69) is 21.9 Å². The molecule has 0 unspecified atom stereocenters. The van der Waals surface area contributed by atoms with Gasteiger partial charge in [-0.05, 0) is 6.92 Å². The fraction of sp³-hybridized carbons (Fsp3) is 0.400. The van der Waals surface area contributed by atoms with Gasteiger partial charge in [0.05, 0.1) is 11.5 Å². The van der Waals surface area contributed by atoms with E-state index in [9.17, 15) is 10.1 Å². The van der Waals surface area contributed by atoms with Crippen molar-refractivity contribution in [2.24, 2.45) is 0 Å². The lowest BCUT2D eigenvalue weighted by Gasteiger charge is -2.07. The highest BCUT2D eigenvalue weighted by Crippen LogP contribution is 2.30. The summed E-state index contributed by atoms with van der Waals surface area (Å²) >= 11 is 0. The van der Waals surface area contributed by atoms with Gasteiger partial charge in [-0.2, -0.15) is 4.98 Å². The molecule has 0 bridgehead atoms. The van der Waals surface area contributed by atoms with Gasteiger partial charge in [-0.1, -0.05) is 5.57 Å². The Morgan fingerprint density at radius 3 is 2.88 bits per heavy atom. The van der Waals surface area contributed by atoms with Gasteiger partial charge in [0.25, 0.3) is 5.88 Å². The normalized spacial score (nSPS) is 9.76. The van der Waals surface area contributed by atoms with Gasteiger partial charge >= 0.3 is 5.69 Å². The van der Waals surface area contributed by atoms with Crippen LogP contribution in [-0.2, 0) is 0 Å². The van der Waals surface area contributed by atoms with E-state index in [1.807, 2.05) is 6.92 Å². The van der Waals surface area contributed by atoms with Crippen molar-refractivity contribution in [3.8, 4) is 5.88 Å². The maximum atomic E-state index is 10.9. The van der Waals surface area contributed by atoms with Crippen molar-refractivity contribution in [1.82, 2.24) is 9.97 Å². The summed E-state index contributed by atoms with van der Waals surface area (Å²) in [6.45, 7) is 5.88. The summed E-state index contributed by atoms with van der Waals surface area (Å²) in [6.07, 6.45) is 1.84. The van der Waals surface area contributed by atoms with Gasteiger partial charge in [0.15, 0.2) is 0 Å². The summed E-state index contributed by atoms with van der Waals surface area (Å²) in [5.74, 6) is 0.103. The molecule has 0 aliphatic carbocycles. The maximum Gasteiger partial charge on any atom is 0.372 e. The zero-order chi connectivity index (χ0) is 12.8. The Kier molecular flexibility index (Phi) is 4.38. The number of aromatic nitrogens is 2. The molecule has 0 fully saturated rings. The van der Waals surface area contributed by atoms with Crippen LogP contribution in [0.5, 0.6) is 5.88 Å². The first-order chi connectivity index (χ1) is 8.06. The first-order valence-corrected chi connectivity index (χ1v) is 5.00. The Labute approximate surface area is 98.7 Å². The first-order valence-electron chi connectivity index (χ1n) is 5.00. The molecule has 0 radical (unpaired) electrons. The van der Waals surface area contributed by atoms with Crippen LogP contribution in [0.25, 0.3) is 0 Å². The molecule has 0 saturated carbocycles. The van der Waals surface area contributed by atoms with Crippen LogP contribution in [0.2, 0.25) is 0 Å². The highest BCUT2D eigenvalue weighted by atomic mass is 16.6. The number of nitrogens with zero attached hydrogens (tertiary/aromatic N) is 3. The van der Waals surface area contributed by atoms with Crippen molar-refractivity contribution in [3.63, 3.8) is 0 Å². The largest absolute Gasteiger partial charge is 0.472 e. The third-order valence-corrected chi connectivity index (χ3v) is 1.98. The molecule has 0 aliphatic heterocycles. The first kappa shape index (κ1) is 12.9. The summed E-state index contributed by atoms with van der Waals surface area (Å²) in [7, 11) is 1.55. The van der Waals surface area contributed by atoms with Crippen molar-refractivity contribution in [1.29, 1.82) is 0 Å². The molecule has 17 heavy (non-hydrogen) atoms. The summed E-state index contributed by atoms with van der Waals surface area (Å²) in [4.78, 5) is 17.8. The number of rotatable bonds is 6. The minimum absolute atomic E-state index is 0.0319. The van der Waals surface area contributed by atoms with Gasteiger partial charge in [0.2, 0.25) is 5.82 Å². The lowest BCUT2D eigenvalue weighted by atomic mass is 10.3. The zero-order valence-corrected chi connectivity index (χ0v) is 9.77. The second-order valence-electron chi connectivity index (χ2n) is 3.44. The van der Waals surface area contributed by atoms with Crippen molar-refractivity contribution >= 4 is 11.5 Å². The van der Waals surface area contributed by atoms with Gasteiger partial charge in [-0.15, -0.1) is 6.58 Å². The molecule has 0 amide bonds. The molecule has 0 atom stereocenters. The highest BCUT2D eigenvalue weighted by Gasteiger charge is 2.23. The second kappa shape index (κ2) is 5.78. The molecule has 92 valence electrons. The third kappa shape index (κ3) is 3.40. The molecule has 1 aromatic heterocycles. The molecule has 1 rings (SSSR count). The number of hydrogen-bond donors (Lipinski definition) is 1. The van der Waals surface area contributed by atoms with Crippen LogP contribution in [-0.4, -0.2) is 28.5 Å². The van der Waals surface area contributed by atoms with Crippen LogP contribution in [0.1, 0.15) is 13.3 Å². The van der Waals surface area contributed by atoms with Gasteiger partial charge in [0.1, 0.15) is 6.33 Å². The average molecular weight is 238 g/mol. The van der Waals surface area contributed by atoms with Gasteiger partial charge in [-0.3, -0.25) is 10.1 Å². The van der Waals surface area contributed by atoms with Crippen molar-refractivity contribution in [2.45, 2.75) is 13.3 Å². The van der Waals surface area contributed by atoms with Crippen molar-refractivity contribution < 1.29 is 9.66 Å². The summed E-state index contributed by atoms with van der Waals surface area (Å²) < 4.78 is 5.26. The molecule has 0 saturated heterocycles. The SMILES string of the molecule is C=C(C)CCOc1ncnc(NC)c1[N+](=O)[O-]. The highest BCUT2D eigenvalue weighted by molar-refractivity contribution is 5.60. The number of nitro groups is 1. The number of nitrogens with one attached hydrogen (secondary N) is 1. The Morgan fingerprint density at radius 1 is 1.65 bits per heavy atom. The average Bonchev–Trinajstić information content (AvgIpc) is 2.27. The van der Waals surface area contributed by atoms with E-state index >= 15 is 0 Å². The topological polar surface area (TPSA) is 90.2 Å². The molecule has 1 heterocycles. The standard InChI is InChI=1S/C10H14N4O3/c1-7(2)4-5-17-10-8(14(15)16)9(11-3)12-6-13-10/h6H,1,4-5H2,2-3H3,(H,11,12,13). The molecule has 0 spiro atoms. The van der Waals surface area contributed by atoms with Gasteiger partial charge < -0.3 is 10.1 Å². The summed E-state index contributed by atoms with van der Waals surface area (Å²) in [6, 6.07) is 0. The lowest BCUT2D eigenvalue weighted by molar-refractivity contribution is -0.385. The predicted octanol–water partition coefficient (Wildman–Crippen LogP) is 1.77. The van der Waals surface area contributed by atoms with Crippen molar-refractivity contribution in [3.05, 3.63) is 28.6 Å². The smallest absolute Gasteiger partial charge is 0.372 e. The van der Waals surface area contributed by atoms with E-state index in [0.29, 0.717) is 13.0 Å². The van der Waals surface area contributed by atoms with Crippen LogP contribution in [0.4, 0.5) is 11.5 Å². The van der Waals surface area contributed by atoms with Crippen LogP contribution in [0, 0.1) is 10.1 Å². The molecular weight excluding hydrogens is 224 g/mol. The Balaban J connectivity index is 2.90. The Morgan fingerprint density at radius 2 is 2.35 bits per heavy atom. The number of hydrogen-bond acceptors (Lipinski definition) is 6. The van der Waals surface area contributed by atoms with Crippen LogP contribution in [0.3, 0.4) is 0 Å². The van der Waals surface area contributed by atoms with Crippen LogP contribution >= 0.6 is 0 Å². The minimum atomic E-state index is -0.568. The van der Waals surface area contributed by atoms with E-state index in [1.54, 1.807) is 7.05 Å². The van der Waals surface area contributed by atoms with E-state index in [4.69, 9.17) is 4.74 Å². The number of anilines is 1. The molecule has 0 aliphatic rings. The second-order valence-corrected chi connectivity index (χ2v) is 3.44. The summed E-state index contributed by atoms with van der Waals surface area (Å²) in [5.41, 5.74) is 0.687. The Hall–Kier alpha value is -2.18. The predicted molar refractivity (Wildman–Crippen MR) is 63.2 cm³/mol. The van der Waals surface area contributed by atoms with E-state index in [-0.39, 0.29) is 17.4 Å². The van der Waals surface area contributed by atoms with Crippen LogP contribution < -0.4 is 10.1 Å². The van der Waals surface area contributed by atoms with E-state index in [0.717, 1.165) is 5.57 Å². The van der Waals surface area contributed by atoms with E-state index in [1.165, 1.54) is 6.33 Å². The quantitative estimate of drug-likeness (QED) is 0.461. The fourth-order valence-electron chi connectivity index (χ4n) is 1.14. The van der Waals surface area contributed by atoms with Gasteiger partial charge in [0, 0.05) is 13.5 Å².